The van der Waals surface area contributed by atoms with E-state index < -0.39 is 5.97 Å². The minimum absolute atomic E-state index is 0.0657. The summed E-state index contributed by atoms with van der Waals surface area (Å²) >= 11 is 0. The lowest BCUT2D eigenvalue weighted by Gasteiger charge is -2.35. The van der Waals surface area contributed by atoms with Gasteiger partial charge >= 0.3 is 5.97 Å². The van der Waals surface area contributed by atoms with Crippen LogP contribution in [0, 0.1) is 5.92 Å². The Morgan fingerprint density at radius 3 is 2.43 bits per heavy atom. The number of benzene rings is 2. The summed E-state index contributed by atoms with van der Waals surface area (Å²) < 4.78 is 11.7. The monoisotopic (exact) mass is 377 g/mol. The number of carboxylic acids is 1. The number of furan rings is 1. The normalized spacial score (nSPS) is 16.6. The highest BCUT2D eigenvalue weighted by molar-refractivity contribution is 5.70. The molecule has 2 heterocycles. The molecule has 1 aliphatic rings. The van der Waals surface area contributed by atoms with Crippen molar-refractivity contribution in [2.45, 2.75) is 18.9 Å². The molecule has 1 unspecified atom stereocenters. The average Bonchev–Trinajstić information content (AvgIpc) is 3.24. The van der Waals surface area contributed by atoms with Crippen LogP contribution in [0.5, 0.6) is 11.5 Å². The molecule has 1 aromatic heterocycles. The molecule has 1 fully saturated rings. The Balaban J connectivity index is 1.59. The van der Waals surface area contributed by atoms with E-state index in [1.54, 1.807) is 6.26 Å². The molecule has 0 aliphatic carbocycles. The molecule has 4 rings (SSSR count). The zero-order valence-electron chi connectivity index (χ0n) is 15.5. The quantitative estimate of drug-likeness (QED) is 0.658. The summed E-state index contributed by atoms with van der Waals surface area (Å²) in [6.07, 6.45) is 2.97. The Hall–Kier alpha value is -3.05. The number of rotatable bonds is 6. The molecule has 144 valence electrons. The zero-order chi connectivity index (χ0) is 19.3. The Labute approximate surface area is 164 Å². The molecule has 3 aromatic rings. The van der Waals surface area contributed by atoms with Crippen molar-refractivity contribution >= 4 is 5.97 Å². The predicted molar refractivity (Wildman–Crippen MR) is 105 cm³/mol. The number of hydrogen-bond donors (Lipinski definition) is 1. The largest absolute Gasteiger partial charge is 0.481 e. The highest BCUT2D eigenvalue weighted by Gasteiger charge is 2.31. The van der Waals surface area contributed by atoms with Crippen molar-refractivity contribution < 1.29 is 19.1 Å². The van der Waals surface area contributed by atoms with Crippen LogP contribution in [0.3, 0.4) is 0 Å². The standard InChI is InChI=1S/C23H23NO4/c25-23(26)17-11-13-24(14-12-17)22(21-10-5-15-27-21)18-6-4-9-20(16-18)28-19-7-2-1-3-8-19/h1-10,15-17,22H,11-14H2,(H,25,26). The highest BCUT2D eigenvalue weighted by atomic mass is 16.5. The maximum atomic E-state index is 11.3. The van der Waals surface area contributed by atoms with E-state index in [1.807, 2.05) is 60.7 Å². The average molecular weight is 377 g/mol. The first kappa shape index (κ1) is 18.3. The lowest BCUT2D eigenvalue weighted by atomic mass is 9.93. The summed E-state index contributed by atoms with van der Waals surface area (Å²) in [5.74, 6) is 1.44. The van der Waals surface area contributed by atoms with Crippen LogP contribution in [0.2, 0.25) is 0 Å². The summed E-state index contributed by atoms with van der Waals surface area (Å²) in [7, 11) is 0. The molecule has 0 saturated carbocycles. The van der Waals surface area contributed by atoms with Crippen LogP contribution in [-0.4, -0.2) is 29.1 Å². The number of carbonyl (C=O) groups is 1. The summed E-state index contributed by atoms with van der Waals surface area (Å²) in [6.45, 7) is 1.43. The lowest BCUT2D eigenvalue weighted by Crippen LogP contribution is -2.39. The molecule has 5 heteroatoms. The lowest BCUT2D eigenvalue weighted by molar-refractivity contribution is -0.143. The second-order valence-corrected chi connectivity index (χ2v) is 7.05. The van der Waals surface area contributed by atoms with Gasteiger partial charge in [0.2, 0.25) is 0 Å². The SMILES string of the molecule is O=C(O)C1CCN(C(c2cccc(Oc3ccccc3)c2)c2ccco2)CC1. The molecular formula is C23H23NO4. The van der Waals surface area contributed by atoms with Gasteiger partial charge in [-0.2, -0.15) is 0 Å². The summed E-state index contributed by atoms with van der Waals surface area (Å²) in [4.78, 5) is 13.6. The highest BCUT2D eigenvalue weighted by Crippen LogP contribution is 2.35. The smallest absolute Gasteiger partial charge is 0.306 e. The predicted octanol–water partition coefficient (Wildman–Crippen LogP) is 4.96. The minimum Gasteiger partial charge on any atom is -0.481 e. The molecule has 5 nitrogen and oxygen atoms in total. The van der Waals surface area contributed by atoms with Crippen molar-refractivity contribution in [1.82, 2.24) is 4.90 Å². The first-order valence-corrected chi connectivity index (χ1v) is 9.54. The van der Waals surface area contributed by atoms with Gasteiger partial charge in [-0.1, -0.05) is 30.3 Å². The Morgan fingerprint density at radius 2 is 1.75 bits per heavy atom. The Morgan fingerprint density at radius 1 is 1.00 bits per heavy atom. The van der Waals surface area contributed by atoms with Crippen LogP contribution in [0.15, 0.2) is 77.4 Å². The van der Waals surface area contributed by atoms with Gasteiger partial charge in [-0.05, 0) is 67.9 Å². The van der Waals surface area contributed by atoms with Gasteiger partial charge in [0.05, 0.1) is 18.2 Å². The molecule has 1 saturated heterocycles. The maximum Gasteiger partial charge on any atom is 0.306 e. The van der Waals surface area contributed by atoms with E-state index in [1.165, 1.54) is 0 Å². The number of likely N-dealkylation sites (tertiary alicyclic amines) is 1. The van der Waals surface area contributed by atoms with Gasteiger partial charge in [0.15, 0.2) is 0 Å². The minimum atomic E-state index is -0.701. The molecule has 1 atom stereocenters. The van der Waals surface area contributed by atoms with Gasteiger partial charge < -0.3 is 14.3 Å². The summed E-state index contributed by atoms with van der Waals surface area (Å²) in [5.41, 5.74) is 1.07. The molecule has 1 aliphatic heterocycles. The summed E-state index contributed by atoms with van der Waals surface area (Å²) in [5, 5.41) is 9.29. The third-order valence-electron chi connectivity index (χ3n) is 5.21. The van der Waals surface area contributed by atoms with Crippen molar-refractivity contribution in [3.63, 3.8) is 0 Å². The topological polar surface area (TPSA) is 62.9 Å². The van der Waals surface area contributed by atoms with E-state index in [0.29, 0.717) is 25.9 Å². The van der Waals surface area contributed by atoms with Gasteiger partial charge in [-0.25, -0.2) is 0 Å². The fourth-order valence-corrected chi connectivity index (χ4v) is 3.78. The van der Waals surface area contributed by atoms with E-state index in [4.69, 9.17) is 9.15 Å². The van der Waals surface area contributed by atoms with E-state index in [2.05, 4.69) is 11.0 Å². The van der Waals surface area contributed by atoms with Crippen LogP contribution in [-0.2, 0) is 4.79 Å². The number of carboxylic acid groups (broad SMARTS) is 1. The van der Waals surface area contributed by atoms with Crippen molar-refractivity contribution in [1.29, 1.82) is 0 Å². The van der Waals surface area contributed by atoms with Crippen molar-refractivity contribution in [3.05, 3.63) is 84.3 Å². The van der Waals surface area contributed by atoms with E-state index >= 15 is 0 Å². The number of piperidine rings is 1. The first-order valence-electron chi connectivity index (χ1n) is 9.54. The summed E-state index contributed by atoms with van der Waals surface area (Å²) in [6, 6.07) is 21.5. The molecule has 0 spiro atoms. The second-order valence-electron chi connectivity index (χ2n) is 7.05. The van der Waals surface area contributed by atoms with E-state index in [9.17, 15) is 9.90 Å². The van der Waals surface area contributed by atoms with Crippen LogP contribution in [0.1, 0.15) is 30.2 Å². The number of para-hydroxylation sites is 1. The first-order chi connectivity index (χ1) is 13.7. The van der Waals surface area contributed by atoms with Crippen LogP contribution in [0.25, 0.3) is 0 Å². The molecule has 0 bridgehead atoms. The molecule has 28 heavy (non-hydrogen) atoms. The number of hydrogen-bond acceptors (Lipinski definition) is 4. The fourth-order valence-electron chi connectivity index (χ4n) is 3.78. The van der Waals surface area contributed by atoms with Gasteiger partial charge in [0, 0.05) is 0 Å². The van der Waals surface area contributed by atoms with Gasteiger partial charge in [-0.15, -0.1) is 0 Å². The zero-order valence-corrected chi connectivity index (χ0v) is 15.5. The molecule has 2 aromatic carbocycles. The molecular weight excluding hydrogens is 354 g/mol. The molecule has 0 amide bonds. The van der Waals surface area contributed by atoms with Crippen molar-refractivity contribution in [3.8, 4) is 11.5 Å². The third kappa shape index (κ3) is 4.10. The van der Waals surface area contributed by atoms with Crippen molar-refractivity contribution in [2.24, 2.45) is 5.92 Å². The van der Waals surface area contributed by atoms with E-state index in [-0.39, 0.29) is 12.0 Å². The fraction of sp³-hybridized carbons (Fsp3) is 0.261. The third-order valence-corrected chi connectivity index (χ3v) is 5.21. The van der Waals surface area contributed by atoms with Gasteiger partial charge in [0.1, 0.15) is 17.3 Å². The number of aliphatic carboxylic acids is 1. The number of ether oxygens (including phenoxy) is 1. The molecule has 1 N–H and O–H groups in total. The molecule has 0 radical (unpaired) electrons. The Bertz CT molecular complexity index is 899. The Kier molecular flexibility index (Phi) is 5.44. The van der Waals surface area contributed by atoms with Crippen LogP contribution < -0.4 is 4.74 Å². The van der Waals surface area contributed by atoms with E-state index in [0.717, 1.165) is 22.8 Å². The maximum absolute atomic E-state index is 11.3. The van der Waals surface area contributed by atoms with Crippen LogP contribution in [0.4, 0.5) is 0 Å². The second kappa shape index (κ2) is 8.31. The van der Waals surface area contributed by atoms with Crippen LogP contribution >= 0.6 is 0 Å². The van der Waals surface area contributed by atoms with Gasteiger partial charge in [-0.3, -0.25) is 9.69 Å². The van der Waals surface area contributed by atoms with Gasteiger partial charge in [0.25, 0.3) is 0 Å². The van der Waals surface area contributed by atoms with Crippen molar-refractivity contribution in [2.75, 3.05) is 13.1 Å². The number of nitrogens with zero attached hydrogens (tertiary/aromatic N) is 1.